The van der Waals surface area contributed by atoms with Gasteiger partial charge in [-0.15, -0.1) is 5.10 Å². The number of benzene rings is 1. The van der Waals surface area contributed by atoms with Gasteiger partial charge in [-0.3, -0.25) is 4.90 Å². The van der Waals surface area contributed by atoms with Crippen LogP contribution in [0.25, 0.3) is 4.85 Å². The molecule has 1 atom stereocenters. The molecule has 0 spiro atoms. The average molecular weight is 339 g/mol. The Morgan fingerprint density at radius 3 is 2.76 bits per heavy atom. The summed E-state index contributed by atoms with van der Waals surface area (Å²) in [5.41, 5.74) is 1.98. The number of carbonyl (C=O) groups is 1. The zero-order valence-electron chi connectivity index (χ0n) is 13.5. The highest BCUT2D eigenvalue weighted by atomic mass is 16.6. The van der Waals surface area contributed by atoms with E-state index in [-0.39, 0.29) is 18.2 Å². The molecule has 2 aromatic rings. The second kappa shape index (κ2) is 5.86. The number of anilines is 1. The van der Waals surface area contributed by atoms with Crippen LogP contribution in [0.3, 0.4) is 0 Å². The Morgan fingerprint density at radius 2 is 2.12 bits per heavy atom. The molecule has 1 N–H and O–H groups in total. The van der Waals surface area contributed by atoms with Crippen molar-refractivity contribution in [1.29, 1.82) is 0 Å². The van der Waals surface area contributed by atoms with Crippen LogP contribution in [-0.4, -0.2) is 38.8 Å². The van der Waals surface area contributed by atoms with Crippen LogP contribution in [0.4, 0.5) is 10.5 Å². The molecule has 1 saturated heterocycles. The zero-order chi connectivity index (χ0) is 17.4. The van der Waals surface area contributed by atoms with Crippen molar-refractivity contribution in [3.63, 3.8) is 0 Å². The fraction of sp³-hybridized carbons (Fsp3) is 0.412. The zero-order valence-corrected chi connectivity index (χ0v) is 13.5. The van der Waals surface area contributed by atoms with Crippen molar-refractivity contribution in [3.05, 3.63) is 53.1 Å². The minimum absolute atomic E-state index is 0.165. The Kier molecular flexibility index (Phi) is 3.66. The third kappa shape index (κ3) is 2.72. The second-order valence-electron chi connectivity index (χ2n) is 6.37. The molecule has 1 aromatic carbocycles. The summed E-state index contributed by atoms with van der Waals surface area (Å²) in [5, 5.41) is 16.9. The predicted molar refractivity (Wildman–Crippen MR) is 87.5 cm³/mol. The highest BCUT2D eigenvalue weighted by Gasteiger charge is 2.52. The van der Waals surface area contributed by atoms with Crippen molar-refractivity contribution in [2.75, 3.05) is 11.4 Å². The molecule has 1 aliphatic carbocycles. The molecule has 25 heavy (non-hydrogen) atoms. The molecule has 4 rings (SSSR count). The summed E-state index contributed by atoms with van der Waals surface area (Å²) < 4.78 is 6.94. The van der Waals surface area contributed by atoms with Gasteiger partial charge >= 0.3 is 6.09 Å². The number of aliphatic hydroxyl groups excluding tert-OH is 1. The van der Waals surface area contributed by atoms with Gasteiger partial charge < -0.3 is 14.7 Å². The molecule has 1 amide bonds. The van der Waals surface area contributed by atoms with E-state index < -0.39 is 6.09 Å². The molecule has 1 unspecified atom stereocenters. The summed E-state index contributed by atoms with van der Waals surface area (Å²) in [6.07, 6.45) is 2.51. The van der Waals surface area contributed by atoms with E-state index in [1.54, 1.807) is 4.90 Å². The maximum atomic E-state index is 12.2. The molecular formula is C17H17N5O3. The Morgan fingerprint density at radius 1 is 1.36 bits per heavy atom. The number of aromatic nitrogens is 3. The minimum Gasteiger partial charge on any atom is -0.442 e. The first kappa shape index (κ1) is 15.6. The first-order chi connectivity index (χ1) is 12.1. The fourth-order valence-electron chi connectivity index (χ4n) is 3.11. The molecule has 2 aliphatic rings. The van der Waals surface area contributed by atoms with Gasteiger partial charge in [0.15, 0.2) is 0 Å². The monoisotopic (exact) mass is 339 g/mol. The van der Waals surface area contributed by atoms with Crippen LogP contribution < -0.4 is 4.90 Å². The van der Waals surface area contributed by atoms with E-state index in [0.29, 0.717) is 18.8 Å². The van der Waals surface area contributed by atoms with Crippen molar-refractivity contribution < 1.29 is 14.6 Å². The summed E-state index contributed by atoms with van der Waals surface area (Å²) in [6, 6.07) is 7.56. The number of rotatable bonds is 5. The van der Waals surface area contributed by atoms with Gasteiger partial charge in [-0.1, -0.05) is 5.21 Å². The van der Waals surface area contributed by atoms with Crippen LogP contribution >= 0.6 is 0 Å². The lowest BCUT2D eigenvalue weighted by Gasteiger charge is -2.14. The molecule has 0 bridgehead atoms. The van der Waals surface area contributed by atoms with Gasteiger partial charge in [-0.05, 0) is 24.3 Å². The van der Waals surface area contributed by atoms with Gasteiger partial charge in [0.25, 0.3) is 5.54 Å². The molecule has 0 radical (unpaired) electrons. The molecule has 2 fully saturated rings. The second-order valence-corrected chi connectivity index (χ2v) is 6.37. The topological polar surface area (TPSA) is 84.8 Å². The molecule has 8 heteroatoms. The van der Waals surface area contributed by atoms with Crippen molar-refractivity contribution in [3.8, 4) is 0 Å². The van der Waals surface area contributed by atoms with Gasteiger partial charge in [0, 0.05) is 24.1 Å². The summed E-state index contributed by atoms with van der Waals surface area (Å²) in [7, 11) is 0. The summed E-state index contributed by atoms with van der Waals surface area (Å²) in [6.45, 7) is 7.90. The number of amides is 1. The van der Waals surface area contributed by atoms with Crippen LogP contribution in [0.1, 0.15) is 24.1 Å². The number of aliphatic hydroxyl groups is 1. The van der Waals surface area contributed by atoms with Crippen molar-refractivity contribution in [2.24, 2.45) is 0 Å². The van der Waals surface area contributed by atoms with E-state index >= 15 is 0 Å². The lowest BCUT2D eigenvalue weighted by atomic mass is 10.1. The standard InChI is InChI=1S/C17H17N5O3/c1-18-17(6-7-17)12-2-4-13(5-3-12)21-9-15(25-16(21)24)10-22-14(11-23)8-19-20-22/h2-5,8,15,23H,6-7,9-11H2. The number of hydrogen-bond donors (Lipinski definition) is 1. The van der Waals surface area contributed by atoms with Crippen LogP contribution in [0, 0.1) is 6.57 Å². The van der Waals surface area contributed by atoms with Gasteiger partial charge in [-0.25, -0.2) is 16.0 Å². The Labute approximate surface area is 144 Å². The lowest BCUT2D eigenvalue weighted by Crippen LogP contribution is -2.26. The van der Waals surface area contributed by atoms with Gasteiger partial charge in [0.1, 0.15) is 6.10 Å². The number of hydrogen-bond acceptors (Lipinski definition) is 5. The summed E-state index contributed by atoms with van der Waals surface area (Å²) >= 11 is 0. The van der Waals surface area contributed by atoms with Gasteiger partial charge in [0.05, 0.1) is 31.6 Å². The number of ether oxygens (including phenoxy) is 1. The van der Waals surface area contributed by atoms with E-state index in [1.807, 2.05) is 24.3 Å². The first-order valence-electron chi connectivity index (χ1n) is 8.11. The van der Waals surface area contributed by atoms with Gasteiger partial charge in [-0.2, -0.15) is 0 Å². The Balaban J connectivity index is 1.46. The van der Waals surface area contributed by atoms with Crippen molar-refractivity contribution >= 4 is 11.8 Å². The molecule has 8 nitrogen and oxygen atoms in total. The largest absolute Gasteiger partial charge is 0.442 e. The molecule has 2 heterocycles. The highest BCUT2D eigenvalue weighted by molar-refractivity contribution is 5.89. The van der Waals surface area contributed by atoms with Crippen LogP contribution in [0.2, 0.25) is 0 Å². The van der Waals surface area contributed by atoms with E-state index in [2.05, 4.69) is 15.2 Å². The summed E-state index contributed by atoms with van der Waals surface area (Å²) in [5.74, 6) is 0. The van der Waals surface area contributed by atoms with Gasteiger partial charge in [0.2, 0.25) is 0 Å². The van der Waals surface area contributed by atoms with E-state index in [1.165, 1.54) is 10.9 Å². The smallest absolute Gasteiger partial charge is 0.414 e. The molecular weight excluding hydrogens is 322 g/mol. The molecule has 1 aliphatic heterocycles. The number of nitrogens with zero attached hydrogens (tertiary/aromatic N) is 5. The number of carbonyl (C=O) groups excluding carboxylic acids is 1. The Hall–Kier alpha value is -2.92. The molecule has 1 saturated carbocycles. The fourth-order valence-corrected chi connectivity index (χ4v) is 3.11. The van der Waals surface area contributed by atoms with Crippen molar-refractivity contribution in [1.82, 2.24) is 15.0 Å². The van der Waals surface area contributed by atoms with E-state index in [9.17, 15) is 9.90 Å². The molecule has 1 aromatic heterocycles. The number of cyclic esters (lactones) is 1. The van der Waals surface area contributed by atoms with E-state index in [0.717, 1.165) is 24.1 Å². The SMILES string of the molecule is [C-]#[N+]C1(c2ccc(N3CC(Cn4nncc4CO)OC3=O)cc2)CC1. The van der Waals surface area contributed by atoms with Crippen LogP contribution in [0.15, 0.2) is 30.5 Å². The lowest BCUT2D eigenvalue weighted by molar-refractivity contribution is 0.127. The normalized spacial score (nSPS) is 21.0. The third-order valence-corrected chi connectivity index (χ3v) is 4.76. The average Bonchev–Trinajstić information content (AvgIpc) is 3.17. The first-order valence-corrected chi connectivity index (χ1v) is 8.11. The maximum Gasteiger partial charge on any atom is 0.414 e. The third-order valence-electron chi connectivity index (χ3n) is 4.76. The molecule has 128 valence electrons. The summed E-state index contributed by atoms with van der Waals surface area (Å²) in [4.78, 5) is 17.5. The van der Waals surface area contributed by atoms with Crippen LogP contribution in [0.5, 0.6) is 0 Å². The minimum atomic E-state index is -0.408. The Bertz CT molecular complexity index is 835. The highest BCUT2D eigenvalue weighted by Crippen LogP contribution is 2.49. The van der Waals surface area contributed by atoms with E-state index in [4.69, 9.17) is 11.3 Å². The maximum absolute atomic E-state index is 12.2. The quantitative estimate of drug-likeness (QED) is 0.838. The van der Waals surface area contributed by atoms with Crippen molar-refractivity contribution in [2.45, 2.75) is 37.6 Å². The predicted octanol–water partition coefficient (Wildman–Crippen LogP) is 1.70. The van der Waals surface area contributed by atoms with Crippen LogP contribution in [-0.2, 0) is 23.4 Å².